The number of hydrogen-bond donors (Lipinski definition) is 2. The molecule has 8 heteroatoms. The summed E-state index contributed by atoms with van der Waals surface area (Å²) in [6, 6.07) is 14.0. The Bertz CT molecular complexity index is 1210. The monoisotopic (exact) mass is 389 g/mol. The molecule has 0 aliphatic heterocycles. The van der Waals surface area contributed by atoms with Crippen LogP contribution in [0.15, 0.2) is 64.0 Å². The normalized spacial score (nSPS) is 10.8. The Hall–Kier alpha value is -3.94. The topological polar surface area (TPSA) is 106 Å². The van der Waals surface area contributed by atoms with E-state index in [9.17, 15) is 9.59 Å². The number of anilines is 1. The maximum atomic E-state index is 12.7. The van der Waals surface area contributed by atoms with E-state index < -0.39 is 0 Å². The van der Waals surface area contributed by atoms with Crippen molar-refractivity contribution in [1.82, 2.24) is 19.7 Å². The number of benzene rings is 1. The van der Waals surface area contributed by atoms with Gasteiger partial charge < -0.3 is 9.73 Å². The quantitative estimate of drug-likeness (QED) is 0.545. The number of aryl methyl sites for hydroxylation is 1. The zero-order valence-corrected chi connectivity index (χ0v) is 16.0. The van der Waals surface area contributed by atoms with Gasteiger partial charge in [-0.15, -0.1) is 0 Å². The molecule has 0 saturated heterocycles. The lowest BCUT2D eigenvalue weighted by Crippen LogP contribution is -2.21. The summed E-state index contributed by atoms with van der Waals surface area (Å²) in [6.07, 6.45) is 2.11. The van der Waals surface area contributed by atoms with Crippen LogP contribution in [0.3, 0.4) is 0 Å². The number of carbonyl (C=O) groups is 1. The fourth-order valence-electron chi connectivity index (χ4n) is 3.07. The first-order valence-corrected chi connectivity index (χ1v) is 9.17. The molecule has 29 heavy (non-hydrogen) atoms. The maximum Gasteiger partial charge on any atom is 0.256 e. The molecule has 4 rings (SSSR count). The first kappa shape index (κ1) is 18.4. The molecule has 0 spiro atoms. The number of furan rings is 1. The Kier molecular flexibility index (Phi) is 4.82. The minimum atomic E-state index is -0.304. The SMILES string of the molecule is CCc1c(C)nc(-n2nc(-c3ccco3)cc2NC(=O)c2ccccc2)[nH]c1=O. The molecular weight excluding hydrogens is 370 g/mol. The van der Waals surface area contributed by atoms with Crippen LogP contribution in [0, 0.1) is 6.92 Å². The van der Waals surface area contributed by atoms with E-state index in [2.05, 4.69) is 20.4 Å². The Morgan fingerprint density at radius 1 is 1.21 bits per heavy atom. The second kappa shape index (κ2) is 7.59. The summed E-state index contributed by atoms with van der Waals surface area (Å²) < 4.78 is 6.81. The highest BCUT2D eigenvalue weighted by Gasteiger charge is 2.18. The van der Waals surface area contributed by atoms with E-state index in [4.69, 9.17) is 4.42 Å². The number of nitrogens with zero attached hydrogens (tertiary/aromatic N) is 3. The minimum absolute atomic E-state index is 0.214. The smallest absolute Gasteiger partial charge is 0.256 e. The number of aromatic amines is 1. The van der Waals surface area contributed by atoms with Crippen molar-refractivity contribution in [1.29, 1.82) is 0 Å². The van der Waals surface area contributed by atoms with Gasteiger partial charge in [-0.1, -0.05) is 25.1 Å². The lowest BCUT2D eigenvalue weighted by atomic mass is 10.2. The second-order valence-electron chi connectivity index (χ2n) is 6.43. The molecule has 146 valence electrons. The molecule has 2 N–H and O–H groups in total. The number of H-pyrrole nitrogens is 1. The number of hydrogen-bond acceptors (Lipinski definition) is 5. The fourth-order valence-corrected chi connectivity index (χ4v) is 3.07. The number of amides is 1. The van der Waals surface area contributed by atoms with E-state index in [-0.39, 0.29) is 17.4 Å². The van der Waals surface area contributed by atoms with E-state index in [0.29, 0.717) is 40.5 Å². The van der Waals surface area contributed by atoms with Gasteiger partial charge in [-0.3, -0.25) is 14.6 Å². The largest absolute Gasteiger partial charge is 0.463 e. The lowest BCUT2D eigenvalue weighted by Gasteiger charge is -2.10. The Morgan fingerprint density at radius 3 is 2.66 bits per heavy atom. The van der Waals surface area contributed by atoms with Crippen molar-refractivity contribution < 1.29 is 9.21 Å². The molecule has 0 atom stereocenters. The van der Waals surface area contributed by atoms with Crippen molar-refractivity contribution in [3.05, 3.63) is 82.0 Å². The third-order valence-electron chi connectivity index (χ3n) is 4.52. The first-order chi connectivity index (χ1) is 14.1. The molecule has 1 aromatic carbocycles. The molecule has 0 fully saturated rings. The molecule has 0 aliphatic rings. The molecule has 3 heterocycles. The van der Waals surface area contributed by atoms with E-state index in [0.717, 1.165) is 0 Å². The van der Waals surface area contributed by atoms with Gasteiger partial charge in [0.05, 0.1) is 6.26 Å². The molecule has 0 saturated carbocycles. The van der Waals surface area contributed by atoms with E-state index in [1.807, 2.05) is 13.0 Å². The third kappa shape index (κ3) is 3.60. The Labute approximate surface area is 166 Å². The van der Waals surface area contributed by atoms with Crippen LogP contribution < -0.4 is 10.9 Å². The first-order valence-electron chi connectivity index (χ1n) is 9.17. The van der Waals surface area contributed by atoms with Crippen LogP contribution in [0.1, 0.15) is 28.5 Å². The van der Waals surface area contributed by atoms with Crippen LogP contribution in [0.5, 0.6) is 0 Å². The summed E-state index contributed by atoms with van der Waals surface area (Å²) in [6.45, 7) is 3.67. The standard InChI is InChI=1S/C21H19N5O3/c1-3-15-13(2)22-21(24-20(15)28)26-18(12-16(25-26)17-10-7-11-29-17)23-19(27)14-8-5-4-6-9-14/h4-12H,3H2,1-2H3,(H,23,27)(H,22,24,28). The number of carbonyl (C=O) groups excluding carboxylic acids is 1. The van der Waals surface area contributed by atoms with Gasteiger partial charge in [0.2, 0.25) is 5.95 Å². The van der Waals surface area contributed by atoms with Crippen molar-refractivity contribution in [3.8, 4) is 17.4 Å². The summed E-state index contributed by atoms with van der Waals surface area (Å²) >= 11 is 0. The van der Waals surface area contributed by atoms with Gasteiger partial charge in [0.25, 0.3) is 11.5 Å². The summed E-state index contributed by atoms with van der Waals surface area (Å²) in [5.41, 5.74) is 1.99. The van der Waals surface area contributed by atoms with E-state index >= 15 is 0 Å². The Balaban J connectivity index is 1.80. The van der Waals surface area contributed by atoms with Gasteiger partial charge in [0, 0.05) is 22.9 Å². The van der Waals surface area contributed by atoms with Crippen LogP contribution in [0.4, 0.5) is 5.82 Å². The number of rotatable bonds is 5. The summed E-state index contributed by atoms with van der Waals surface area (Å²) in [4.78, 5) is 32.3. The Morgan fingerprint density at radius 2 is 2.00 bits per heavy atom. The molecule has 3 aromatic heterocycles. The number of aromatic nitrogens is 4. The molecule has 8 nitrogen and oxygen atoms in total. The minimum Gasteiger partial charge on any atom is -0.463 e. The van der Waals surface area contributed by atoms with Crippen LogP contribution >= 0.6 is 0 Å². The fraction of sp³-hybridized carbons (Fsp3) is 0.143. The zero-order chi connectivity index (χ0) is 20.4. The van der Waals surface area contributed by atoms with Crippen LogP contribution in [-0.2, 0) is 6.42 Å². The molecule has 4 aromatic rings. The predicted molar refractivity (Wildman–Crippen MR) is 108 cm³/mol. The highest BCUT2D eigenvalue weighted by atomic mass is 16.3. The highest BCUT2D eigenvalue weighted by Crippen LogP contribution is 2.24. The molecule has 1 amide bonds. The number of nitrogens with one attached hydrogen (secondary N) is 2. The van der Waals surface area contributed by atoms with Crippen LogP contribution in [0.2, 0.25) is 0 Å². The van der Waals surface area contributed by atoms with E-state index in [1.54, 1.807) is 49.4 Å². The van der Waals surface area contributed by atoms with Gasteiger partial charge in [0.1, 0.15) is 11.5 Å². The molecule has 0 radical (unpaired) electrons. The second-order valence-corrected chi connectivity index (χ2v) is 6.43. The van der Waals surface area contributed by atoms with Crippen molar-refractivity contribution in [2.45, 2.75) is 20.3 Å². The highest BCUT2D eigenvalue weighted by molar-refractivity contribution is 6.04. The summed E-state index contributed by atoms with van der Waals surface area (Å²) in [5, 5.41) is 7.32. The molecule has 0 aliphatic carbocycles. The third-order valence-corrected chi connectivity index (χ3v) is 4.52. The molecular formula is C21H19N5O3. The van der Waals surface area contributed by atoms with E-state index in [1.165, 1.54) is 10.9 Å². The van der Waals surface area contributed by atoms with Crippen molar-refractivity contribution in [2.75, 3.05) is 5.32 Å². The average molecular weight is 389 g/mol. The van der Waals surface area contributed by atoms with Gasteiger partial charge in [-0.25, -0.2) is 4.98 Å². The molecule has 0 unspecified atom stereocenters. The summed E-state index contributed by atoms with van der Waals surface area (Å²) in [7, 11) is 0. The molecule has 0 bridgehead atoms. The van der Waals surface area contributed by atoms with Crippen molar-refractivity contribution in [2.24, 2.45) is 0 Å². The zero-order valence-electron chi connectivity index (χ0n) is 16.0. The van der Waals surface area contributed by atoms with Crippen LogP contribution in [0.25, 0.3) is 17.4 Å². The maximum absolute atomic E-state index is 12.7. The average Bonchev–Trinajstić information content (AvgIpc) is 3.38. The summed E-state index contributed by atoms with van der Waals surface area (Å²) in [5.74, 6) is 0.799. The van der Waals surface area contributed by atoms with Crippen molar-refractivity contribution >= 4 is 11.7 Å². The van der Waals surface area contributed by atoms with Gasteiger partial charge in [0.15, 0.2) is 5.76 Å². The lowest BCUT2D eigenvalue weighted by molar-refractivity contribution is 0.102. The van der Waals surface area contributed by atoms with Gasteiger partial charge in [-0.2, -0.15) is 9.78 Å². The van der Waals surface area contributed by atoms with Gasteiger partial charge in [-0.05, 0) is 37.6 Å². The van der Waals surface area contributed by atoms with Gasteiger partial charge >= 0.3 is 0 Å². The predicted octanol–water partition coefficient (Wildman–Crippen LogP) is 3.34. The van der Waals surface area contributed by atoms with Crippen molar-refractivity contribution in [3.63, 3.8) is 0 Å². The van der Waals surface area contributed by atoms with Crippen LogP contribution in [-0.4, -0.2) is 25.7 Å².